The van der Waals surface area contributed by atoms with Crippen LogP contribution in [-0.4, -0.2) is 0 Å². The van der Waals surface area contributed by atoms with E-state index in [1.165, 1.54) is 6.07 Å². The zero-order valence-electron chi connectivity index (χ0n) is 16.3. The Kier molecular flexibility index (Phi) is 1.61. The number of aromatic nitrogens is 1. The summed E-state index contributed by atoms with van der Waals surface area (Å²) in [4.78, 5) is 0. The van der Waals surface area contributed by atoms with Gasteiger partial charge in [0, 0.05) is 32.3 Å². The second-order valence-corrected chi connectivity index (χ2v) is 4.30. The molecule has 17 heavy (non-hydrogen) atoms. The molecule has 0 fully saturated rings. The van der Waals surface area contributed by atoms with Gasteiger partial charge in [-0.3, -0.25) is 0 Å². The molecule has 1 aromatic carbocycles. The second kappa shape index (κ2) is 4.33. The minimum absolute atomic E-state index is 0.0973. The quantitative estimate of drug-likeness (QED) is 0.663. The molecule has 1 heterocycles. The topological polar surface area (TPSA) is 3.88 Å². The SMILES string of the molecule is [2H]C([2H])([2H])c1cc(C)[n+](C)c(-c2ccccc2C)c1C([2H])([2H])[2H]. The van der Waals surface area contributed by atoms with Crippen LogP contribution in [0.1, 0.15) is 30.6 Å². The molecule has 0 atom stereocenters. The Labute approximate surface area is 112 Å². The lowest BCUT2D eigenvalue weighted by Gasteiger charge is -2.10. The van der Waals surface area contributed by atoms with Crippen LogP contribution in [0.25, 0.3) is 11.3 Å². The average Bonchev–Trinajstić information content (AvgIpc) is 2.39. The van der Waals surface area contributed by atoms with Crippen LogP contribution in [0.4, 0.5) is 0 Å². The first kappa shape index (κ1) is 6.34. The molecule has 0 aliphatic carbocycles. The standard InChI is InChI=1S/C16H20N/c1-11-8-6-7-9-15(11)16-14(4)12(2)10-13(3)17(16)5/h6-10H,1-5H3/q+1/i2D3,4D3. The smallest absolute Gasteiger partial charge is 0.198 e. The van der Waals surface area contributed by atoms with Crippen LogP contribution in [0, 0.1) is 27.6 Å². The molecule has 2 aromatic rings. The molecule has 0 unspecified atom stereocenters. The van der Waals surface area contributed by atoms with Crippen molar-refractivity contribution < 1.29 is 12.8 Å². The van der Waals surface area contributed by atoms with E-state index < -0.39 is 13.7 Å². The van der Waals surface area contributed by atoms with Crippen molar-refractivity contribution in [2.75, 3.05) is 0 Å². The summed E-state index contributed by atoms with van der Waals surface area (Å²) in [6.07, 6.45) is 0. The molecule has 0 amide bonds. The van der Waals surface area contributed by atoms with Crippen molar-refractivity contribution in [3.8, 4) is 11.3 Å². The van der Waals surface area contributed by atoms with Gasteiger partial charge in [-0.15, -0.1) is 0 Å². The summed E-state index contributed by atoms with van der Waals surface area (Å²) in [5.41, 5.74) is 2.56. The maximum absolute atomic E-state index is 7.89. The molecule has 1 nitrogen and oxygen atoms in total. The minimum atomic E-state index is -2.52. The van der Waals surface area contributed by atoms with Crippen LogP contribution in [0.15, 0.2) is 30.3 Å². The Bertz CT molecular complexity index is 743. The molecule has 0 aliphatic rings. The molecular weight excluding hydrogens is 206 g/mol. The van der Waals surface area contributed by atoms with Gasteiger partial charge in [0.15, 0.2) is 5.69 Å². The molecular formula is C16H20N+. The van der Waals surface area contributed by atoms with Crippen molar-refractivity contribution in [1.29, 1.82) is 0 Å². The molecule has 1 aromatic heterocycles. The monoisotopic (exact) mass is 232 g/mol. The summed E-state index contributed by atoms with van der Waals surface area (Å²) in [7, 11) is 1.76. The lowest BCUT2D eigenvalue weighted by atomic mass is 9.98. The van der Waals surface area contributed by atoms with Crippen LogP contribution in [-0.2, 0) is 7.05 Å². The number of benzene rings is 1. The van der Waals surface area contributed by atoms with Gasteiger partial charge in [-0.2, -0.15) is 4.57 Å². The number of nitrogens with zero attached hydrogens (tertiary/aromatic N) is 1. The summed E-state index contributed by atoms with van der Waals surface area (Å²) in [5, 5.41) is 0. The summed E-state index contributed by atoms with van der Waals surface area (Å²) >= 11 is 0. The first-order valence-electron chi connectivity index (χ1n) is 8.55. The van der Waals surface area contributed by atoms with Crippen LogP contribution in [0.5, 0.6) is 0 Å². The highest BCUT2D eigenvalue weighted by Crippen LogP contribution is 2.25. The van der Waals surface area contributed by atoms with Crippen molar-refractivity contribution in [3.05, 3.63) is 52.7 Å². The van der Waals surface area contributed by atoms with Crippen molar-refractivity contribution in [2.24, 2.45) is 7.05 Å². The Hall–Kier alpha value is -1.63. The largest absolute Gasteiger partial charge is 0.215 e. The molecule has 1 heteroatoms. The Balaban J connectivity index is 3.01. The van der Waals surface area contributed by atoms with Crippen molar-refractivity contribution in [1.82, 2.24) is 0 Å². The highest BCUT2D eigenvalue weighted by Gasteiger charge is 2.19. The van der Waals surface area contributed by atoms with E-state index in [0.29, 0.717) is 11.4 Å². The molecule has 0 radical (unpaired) electrons. The van der Waals surface area contributed by atoms with Crippen molar-refractivity contribution in [2.45, 2.75) is 27.6 Å². The molecule has 0 spiro atoms. The lowest BCUT2D eigenvalue weighted by molar-refractivity contribution is -0.667. The highest BCUT2D eigenvalue weighted by atomic mass is 14.9. The predicted octanol–water partition coefficient (Wildman–Crippen LogP) is 3.41. The van der Waals surface area contributed by atoms with Crippen LogP contribution < -0.4 is 4.57 Å². The summed E-state index contributed by atoms with van der Waals surface area (Å²) < 4.78 is 48.7. The fourth-order valence-electron chi connectivity index (χ4n) is 2.00. The number of aryl methyl sites for hydroxylation is 3. The Morgan fingerprint density at radius 1 is 1.06 bits per heavy atom. The number of rotatable bonds is 1. The predicted molar refractivity (Wildman–Crippen MR) is 72.0 cm³/mol. The zero-order valence-corrected chi connectivity index (χ0v) is 10.3. The van der Waals surface area contributed by atoms with E-state index in [1.807, 2.05) is 31.2 Å². The Morgan fingerprint density at radius 3 is 2.47 bits per heavy atom. The summed E-state index contributed by atoms with van der Waals surface area (Å²) in [6.45, 7) is -1.34. The van der Waals surface area contributed by atoms with Gasteiger partial charge in [-0.25, -0.2) is 0 Å². The van der Waals surface area contributed by atoms with E-state index in [-0.39, 0.29) is 11.1 Å². The first-order valence-corrected chi connectivity index (χ1v) is 5.55. The molecule has 0 saturated carbocycles. The van der Waals surface area contributed by atoms with Gasteiger partial charge < -0.3 is 0 Å². The second-order valence-electron chi connectivity index (χ2n) is 4.30. The molecule has 2 rings (SSSR count). The molecule has 0 bridgehead atoms. The maximum Gasteiger partial charge on any atom is 0.215 e. The van der Waals surface area contributed by atoms with Crippen molar-refractivity contribution in [3.63, 3.8) is 0 Å². The third kappa shape index (κ3) is 1.97. The van der Waals surface area contributed by atoms with Crippen LogP contribution in [0.3, 0.4) is 0 Å². The fourth-order valence-corrected chi connectivity index (χ4v) is 2.00. The van der Waals surface area contributed by atoms with E-state index in [4.69, 9.17) is 8.22 Å². The normalized spacial score (nSPS) is 17.4. The number of pyridine rings is 1. The summed E-state index contributed by atoms with van der Waals surface area (Å²) in [5.74, 6) is 0. The first-order chi connectivity index (χ1) is 10.4. The van der Waals surface area contributed by atoms with Gasteiger partial charge in [0.25, 0.3) is 0 Å². The van der Waals surface area contributed by atoms with Crippen LogP contribution in [0.2, 0.25) is 0 Å². The van der Waals surface area contributed by atoms with E-state index in [9.17, 15) is 0 Å². The van der Waals surface area contributed by atoms with Crippen LogP contribution >= 0.6 is 0 Å². The van der Waals surface area contributed by atoms with E-state index in [2.05, 4.69) is 0 Å². The Morgan fingerprint density at radius 2 is 1.82 bits per heavy atom. The van der Waals surface area contributed by atoms with Gasteiger partial charge in [0.05, 0.1) is 0 Å². The van der Waals surface area contributed by atoms with Gasteiger partial charge >= 0.3 is 0 Å². The van der Waals surface area contributed by atoms with Gasteiger partial charge in [0.1, 0.15) is 7.05 Å². The number of hydrogen-bond donors (Lipinski definition) is 0. The molecule has 0 N–H and O–H groups in total. The average molecular weight is 232 g/mol. The van der Waals surface area contributed by atoms with Gasteiger partial charge in [-0.1, -0.05) is 18.2 Å². The van der Waals surface area contributed by atoms with Gasteiger partial charge in [0.2, 0.25) is 5.69 Å². The van der Waals surface area contributed by atoms with E-state index in [0.717, 1.165) is 11.1 Å². The third-order valence-electron chi connectivity index (χ3n) is 3.12. The summed E-state index contributed by atoms with van der Waals surface area (Å²) in [6, 6.07) is 8.85. The molecule has 0 saturated heterocycles. The molecule has 0 aliphatic heterocycles. The van der Waals surface area contributed by atoms with Gasteiger partial charge in [-0.05, 0) is 37.8 Å². The van der Waals surface area contributed by atoms with E-state index in [1.54, 1.807) is 18.5 Å². The zero-order chi connectivity index (χ0) is 17.6. The minimum Gasteiger partial charge on any atom is -0.198 e. The fraction of sp³-hybridized carbons (Fsp3) is 0.312. The van der Waals surface area contributed by atoms with Crippen molar-refractivity contribution >= 4 is 0 Å². The lowest BCUT2D eigenvalue weighted by Crippen LogP contribution is -2.36. The molecule has 88 valence electrons. The maximum atomic E-state index is 7.89. The van der Waals surface area contributed by atoms with E-state index >= 15 is 0 Å². The number of hydrogen-bond acceptors (Lipinski definition) is 0. The third-order valence-corrected chi connectivity index (χ3v) is 3.12. The highest BCUT2D eigenvalue weighted by molar-refractivity contribution is 5.65.